The molecule has 1 heterocycles. The summed E-state index contributed by atoms with van der Waals surface area (Å²) in [6.07, 6.45) is 3.57. The maximum absolute atomic E-state index is 12.6. The van der Waals surface area contributed by atoms with E-state index in [4.69, 9.17) is 0 Å². The summed E-state index contributed by atoms with van der Waals surface area (Å²) in [6, 6.07) is 10.9. The van der Waals surface area contributed by atoms with Crippen LogP contribution in [0, 0.1) is 0 Å². The van der Waals surface area contributed by atoms with Crippen molar-refractivity contribution in [1.82, 2.24) is 9.71 Å². The van der Waals surface area contributed by atoms with E-state index in [1.165, 1.54) is 6.20 Å². The van der Waals surface area contributed by atoms with E-state index in [1.54, 1.807) is 19.3 Å². The zero-order valence-corrected chi connectivity index (χ0v) is 12.9. The molecule has 112 valence electrons. The van der Waals surface area contributed by atoms with Gasteiger partial charge in [-0.25, -0.2) is 13.1 Å². The highest BCUT2D eigenvalue weighted by Crippen LogP contribution is 2.23. The SMILES string of the molecule is CCC(NS(=O)(=O)c1cnccc1NC)c1ccccc1. The summed E-state index contributed by atoms with van der Waals surface area (Å²) in [5, 5.41) is 2.87. The Hall–Kier alpha value is -1.92. The van der Waals surface area contributed by atoms with E-state index in [0.717, 1.165) is 5.56 Å². The highest BCUT2D eigenvalue weighted by molar-refractivity contribution is 7.89. The molecule has 2 rings (SSSR count). The third kappa shape index (κ3) is 3.59. The van der Waals surface area contributed by atoms with Crippen molar-refractivity contribution in [2.24, 2.45) is 0 Å². The minimum absolute atomic E-state index is 0.155. The molecule has 0 saturated carbocycles. The average molecular weight is 305 g/mol. The Bertz CT molecular complexity index is 687. The van der Waals surface area contributed by atoms with Crippen LogP contribution < -0.4 is 10.0 Å². The number of rotatable bonds is 6. The Labute approximate surface area is 125 Å². The molecule has 0 aliphatic carbocycles. The second-order valence-corrected chi connectivity index (χ2v) is 6.30. The van der Waals surface area contributed by atoms with Crippen LogP contribution in [0.5, 0.6) is 0 Å². The van der Waals surface area contributed by atoms with Gasteiger partial charge in [-0.2, -0.15) is 0 Å². The van der Waals surface area contributed by atoms with Gasteiger partial charge < -0.3 is 5.32 Å². The summed E-state index contributed by atoms with van der Waals surface area (Å²) in [4.78, 5) is 4.06. The molecule has 1 aromatic heterocycles. The number of nitrogens with zero attached hydrogens (tertiary/aromatic N) is 1. The van der Waals surface area contributed by atoms with Crippen LogP contribution in [-0.4, -0.2) is 20.4 Å². The quantitative estimate of drug-likeness (QED) is 0.860. The summed E-state index contributed by atoms with van der Waals surface area (Å²) in [5.41, 5.74) is 1.47. The normalized spacial score (nSPS) is 12.9. The Balaban J connectivity index is 2.32. The third-order valence-electron chi connectivity index (χ3n) is 3.25. The lowest BCUT2D eigenvalue weighted by Gasteiger charge is -2.18. The molecule has 0 amide bonds. The van der Waals surface area contributed by atoms with Gasteiger partial charge in [0.2, 0.25) is 10.0 Å². The Morgan fingerprint density at radius 3 is 2.52 bits per heavy atom. The van der Waals surface area contributed by atoms with Crippen LogP contribution in [0.2, 0.25) is 0 Å². The predicted octanol–water partition coefficient (Wildman–Crippen LogP) is 2.55. The molecule has 5 nitrogen and oxygen atoms in total. The number of sulfonamides is 1. The summed E-state index contributed by atoms with van der Waals surface area (Å²) in [5.74, 6) is 0. The van der Waals surface area contributed by atoms with Crippen LogP contribution in [0.25, 0.3) is 0 Å². The van der Waals surface area contributed by atoms with Crippen LogP contribution in [-0.2, 0) is 10.0 Å². The lowest BCUT2D eigenvalue weighted by molar-refractivity contribution is 0.550. The zero-order valence-electron chi connectivity index (χ0n) is 12.1. The van der Waals surface area contributed by atoms with Crippen molar-refractivity contribution in [3.05, 3.63) is 54.4 Å². The van der Waals surface area contributed by atoms with Gasteiger partial charge in [-0.05, 0) is 18.1 Å². The fraction of sp³-hybridized carbons (Fsp3) is 0.267. The molecule has 1 unspecified atom stereocenters. The fourth-order valence-corrected chi connectivity index (χ4v) is 3.59. The number of anilines is 1. The fourth-order valence-electron chi connectivity index (χ4n) is 2.12. The van der Waals surface area contributed by atoms with Crippen LogP contribution in [0.1, 0.15) is 24.9 Å². The molecule has 21 heavy (non-hydrogen) atoms. The number of nitrogens with one attached hydrogen (secondary N) is 2. The molecule has 0 aliphatic heterocycles. The van der Waals surface area contributed by atoms with Gasteiger partial charge in [0.25, 0.3) is 0 Å². The highest BCUT2D eigenvalue weighted by Gasteiger charge is 2.22. The molecule has 2 aromatic rings. The van der Waals surface area contributed by atoms with Gasteiger partial charge in [0, 0.05) is 25.5 Å². The Morgan fingerprint density at radius 2 is 1.90 bits per heavy atom. The number of hydrogen-bond acceptors (Lipinski definition) is 4. The van der Waals surface area contributed by atoms with E-state index in [0.29, 0.717) is 12.1 Å². The second-order valence-electron chi connectivity index (χ2n) is 4.61. The molecule has 0 bridgehead atoms. The van der Waals surface area contributed by atoms with Gasteiger partial charge in [-0.15, -0.1) is 0 Å². The van der Waals surface area contributed by atoms with E-state index in [1.807, 2.05) is 37.3 Å². The standard InChI is InChI=1S/C15H19N3O2S/c1-3-13(12-7-5-4-6-8-12)18-21(19,20)15-11-17-10-9-14(15)16-2/h4-11,13,18H,3H2,1-2H3,(H,16,17). The molecule has 2 N–H and O–H groups in total. The zero-order chi connectivity index (χ0) is 15.3. The molecule has 1 aromatic carbocycles. The van der Waals surface area contributed by atoms with Gasteiger partial charge in [0.15, 0.2) is 0 Å². The topological polar surface area (TPSA) is 71.1 Å². The first kappa shape index (κ1) is 15.5. The van der Waals surface area contributed by atoms with Crippen LogP contribution in [0.3, 0.4) is 0 Å². The molecule has 6 heteroatoms. The van der Waals surface area contributed by atoms with Gasteiger partial charge >= 0.3 is 0 Å². The van der Waals surface area contributed by atoms with Crippen molar-refractivity contribution in [2.75, 3.05) is 12.4 Å². The minimum Gasteiger partial charge on any atom is -0.387 e. The molecule has 0 saturated heterocycles. The lowest BCUT2D eigenvalue weighted by atomic mass is 10.1. The summed E-state index contributed by atoms with van der Waals surface area (Å²) in [6.45, 7) is 1.95. The number of pyridine rings is 1. The Morgan fingerprint density at radius 1 is 1.19 bits per heavy atom. The largest absolute Gasteiger partial charge is 0.387 e. The van der Waals surface area contributed by atoms with E-state index in [9.17, 15) is 8.42 Å². The monoisotopic (exact) mass is 305 g/mol. The van der Waals surface area contributed by atoms with E-state index < -0.39 is 10.0 Å². The number of benzene rings is 1. The molecule has 1 atom stereocenters. The summed E-state index contributed by atoms with van der Waals surface area (Å²) in [7, 11) is -1.95. The Kier molecular flexibility index (Phi) is 4.93. The predicted molar refractivity (Wildman–Crippen MR) is 83.6 cm³/mol. The van der Waals surface area contributed by atoms with Crippen molar-refractivity contribution in [1.29, 1.82) is 0 Å². The lowest BCUT2D eigenvalue weighted by Crippen LogP contribution is -2.29. The van der Waals surface area contributed by atoms with Crippen LogP contribution in [0.4, 0.5) is 5.69 Å². The smallest absolute Gasteiger partial charge is 0.244 e. The average Bonchev–Trinajstić information content (AvgIpc) is 2.53. The molecule has 0 fully saturated rings. The van der Waals surface area contributed by atoms with E-state index in [2.05, 4.69) is 15.0 Å². The maximum atomic E-state index is 12.6. The van der Waals surface area contributed by atoms with Crippen molar-refractivity contribution in [3.8, 4) is 0 Å². The van der Waals surface area contributed by atoms with Gasteiger partial charge in [-0.3, -0.25) is 4.98 Å². The summed E-state index contributed by atoms with van der Waals surface area (Å²) >= 11 is 0. The minimum atomic E-state index is -3.64. The van der Waals surface area contributed by atoms with Crippen LogP contribution >= 0.6 is 0 Å². The van der Waals surface area contributed by atoms with Crippen molar-refractivity contribution in [2.45, 2.75) is 24.3 Å². The van der Waals surface area contributed by atoms with Gasteiger partial charge in [0.05, 0.1) is 5.69 Å². The van der Waals surface area contributed by atoms with Gasteiger partial charge in [0.1, 0.15) is 4.90 Å². The van der Waals surface area contributed by atoms with Crippen molar-refractivity contribution in [3.63, 3.8) is 0 Å². The van der Waals surface area contributed by atoms with Crippen molar-refractivity contribution < 1.29 is 8.42 Å². The molecule has 0 radical (unpaired) electrons. The first-order valence-electron chi connectivity index (χ1n) is 6.77. The van der Waals surface area contributed by atoms with Gasteiger partial charge in [-0.1, -0.05) is 37.3 Å². The molecular weight excluding hydrogens is 286 g/mol. The summed E-state index contributed by atoms with van der Waals surface area (Å²) < 4.78 is 27.9. The highest BCUT2D eigenvalue weighted by atomic mass is 32.2. The van der Waals surface area contributed by atoms with E-state index >= 15 is 0 Å². The van der Waals surface area contributed by atoms with E-state index in [-0.39, 0.29) is 10.9 Å². The second kappa shape index (κ2) is 6.69. The molecular formula is C15H19N3O2S. The van der Waals surface area contributed by atoms with Crippen molar-refractivity contribution >= 4 is 15.7 Å². The first-order chi connectivity index (χ1) is 10.1. The third-order valence-corrected chi connectivity index (χ3v) is 4.75. The van der Waals surface area contributed by atoms with Crippen LogP contribution in [0.15, 0.2) is 53.7 Å². The number of hydrogen-bond donors (Lipinski definition) is 2. The molecule has 0 aliphatic rings. The first-order valence-corrected chi connectivity index (χ1v) is 8.26. The molecule has 0 spiro atoms. The maximum Gasteiger partial charge on any atom is 0.244 e. The number of aromatic nitrogens is 1.